The SMILES string of the molecule is Cc1ccc(C)c(CC(=O)Nc2ccccc2C(=O)NCCN)c1. The molecule has 2 amide bonds. The Morgan fingerprint density at radius 2 is 1.83 bits per heavy atom. The molecule has 0 saturated carbocycles. The highest BCUT2D eigenvalue weighted by Crippen LogP contribution is 2.17. The number of benzene rings is 2. The molecule has 0 aliphatic heterocycles. The second-order valence-electron chi connectivity index (χ2n) is 5.75. The van der Waals surface area contributed by atoms with Gasteiger partial charge in [-0.15, -0.1) is 0 Å². The van der Waals surface area contributed by atoms with Crippen molar-refractivity contribution in [3.8, 4) is 0 Å². The predicted molar refractivity (Wildman–Crippen MR) is 96.1 cm³/mol. The third-order valence-corrected chi connectivity index (χ3v) is 3.73. The summed E-state index contributed by atoms with van der Waals surface area (Å²) in [5.74, 6) is -0.397. The number of carbonyl (C=O) groups is 2. The van der Waals surface area contributed by atoms with E-state index in [1.807, 2.05) is 32.0 Å². The molecule has 0 atom stereocenters. The van der Waals surface area contributed by atoms with Gasteiger partial charge in [0.1, 0.15) is 0 Å². The van der Waals surface area contributed by atoms with Crippen LogP contribution in [0.5, 0.6) is 0 Å². The van der Waals surface area contributed by atoms with Crippen LogP contribution < -0.4 is 16.4 Å². The summed E-state index contributed by atoms with van der Waals surface area (Å²) in [5, 5.41) is 5.55. The molecule has 0 radical (unpaired) electrons. The van der Waals surface area contributed by atoms with Crippen LogP contribution in [0.3, 0.4) is 0 Å². The summed E-state index contributed by atoms with van der Waals surface area (Å²) in [6.45, 7) is 4.74. The topological polar surface area (TPSA) is 84.2 Å². The zero-order valence-corrected chi connectivity index (χ0v) is 14.1. The third kappa shape index (κ3) is 4.67. The summed E-state index contributed by atoms with van der Waals surface area (Å²) in [6, 6.07) is 13.0. The van der Waals surface area contributed by atoms with Crippen molar-refractivity contribution < 1.29 is 9.59 Å². The minimum atomic E-state index is -0.247. The minimum Gasteiger partial charge on any atom is -0.351 e. The highest BCUT2D eigenvalue weighted by atomic mass is 16.2. The van der Waals surface area contributed by atoms with E-state index in [9.17, 15) is 9.59 Å². The molecule has 0 unspecified atom stereocenters. The van der Waals surface area contributed by atoms with E-state index in [4.69, 9.17) is 5.73 Å². The van der Waals surface area contributed by atoms with E-state index in [1.54, 1.807) is 24.3 Å². The number of hydrogen-bond donors (Lipinski definition) is 3. The molecule has 24 heavy (non-hydrogen) atoms. The number of hydrogen-bond acceptors (Lipinski definition) is 3. The molecule has 0 aromatic heterocycles. The monoisotopic (exact) mass is 325 g/mol. The summed E-state index contributed by atoms with van der Waals surface area (Å²) >= 11 is 0. The normalized spacial score (nSPS) is 10.3. The van der Waals surface area contributed by atoms with E-state index < -0.39 is 0 Å². The molecule has 0 heterocycles. The fourth-order valence-electron chi connectivity index (χ4n) is 2.43. The number of rotatable bonds is 6. The molecule has 2 rings (SSSR count). The first-order valence-corrected chi connectivity index (χ1v) is 7.94. The van der Waals surface area contributed by atoms with Gasteiger partial charge < -0.3 is 16.4 Å². The molecular formula is C19H23N3O2. The molecule has 0 bridgehead atoms. The molecule has 2 aromatic carbocycles. The Hall–Kier alpha value is -2.66. The average Bonchev–Trinajstić information content (AvgIpc) is 2.56. The first kappa shape index (κ1) is 17.7. The maximum atomic E-state index is 12.4. The van der Waals surface area contributed by atoms with Crippen LogP contribution >= 0.6 is 0 Å². The number of amides is 2. The summed E-state index contributed by atoms with van der Waals surface area (Å²) in [7, 11) is 0. The Kier molecular flexibility index (Phi) is 6.09. The first-order chi connectivity index (χ1) is 11.5. The summed E-state index contributed by atoms with van der Waals surface area (Å²) in [5.41, 5.74) is 9.51. The van der Waals surface area contributed by atoms with E-state index >= 15 is 0 Å². The molecule has 0 fully saturated rings. The number of para-hydroxylation sites is 1. The third-order valence-electron chi connectivity index (χ3n) is 3.73. The van der Waals surface area contributed by atoms with Crippen LogP contribution in [-0.2, 0) is 11.2 Å². The van der Waals surface area contributed by atoms with E-state index in [-0.39, 0.29) is 18.2 Å². The van der Waals surface area contributed by atoms with Crippen LogP contribution in [0, 0.1) is 13.8 Å². The van der Waals surface area contributed by atoms with Gasteiger partial charge in [-0.3, -0.25) is 9.59 Å². The van der Waals surface area contributed by atoms with Crippen molar-refractivity contribution in [1.82, 2.24) is 5.32 Å². The lowest BCUT2D eigenvalue weighted by Crippen LogP contribution is -2.30. The van der Waals surface area contributed by atoms with Gasteiger partial charge in [0, 0.05) is 13.1 Å². The van der Waals surface area contributed by atoms with E-state index in [0.29, 0.717) is 24.3 Å². The fourth-order valence-corrected chi connectivity index (χ4v) is 2.43. The molecule has 126 valence electrons. The lowest BCUT2D eigenvalue weighted by Gasteiger charge is -2.12. The molecule has 0 spiro atoms. The van der Waals surface area contributed by atoms with Gasteiger partial charge in [-0.05, 0) is 37.1 Å². The molecule has 5 nitrogen and oxygen atoms in total. The summed E-state index contributed by atoms with van der Waals surface area (Å²) < 4.78 is 0. The Morgan fingerprint density at radius 3 is 2.58 bits per heavy atom. The van der Waals surface area contributed by atoms with Gasteiger partial charge in [0.15, 0.2) is 0 Å². The van der Waals surface area contributed by atoms with Crippen molar-refractivity contribution in [3.63, 3.8) is 0 Å². The highest BCUT2D eigenvalue weighted by Gasteiger charge is 2.13. The van der Waals surface area contributed by atoms with Gasteiger partial charge in [0.2, 0.25) is 5.91 Å². The van der Waals surface area contributed by atoms with Gasteiger partial charge in [0.05, 0.1) is 17.7 Å². The average molecular weight is 325 g/mol. The van der Waals surface area contributed by atoms with Gasteiger partial charge in [0.25, 0.3) is 5.91 Å². The van der Waals surface area contributed by atoms with Gasteiger partial charge >= 0.3 is 0 Å². The fraction of sp³-hybridized carbons (Fsp3) is 0.263. The lowest BCUT2D eigenvalue weighted by molar-refractivity contribution is -0.115. The molecular weight excluding hydrogens is 302 g/mol. The van der Waals surface area contributed by atoms with Crippen molar-refractivity contribution in [2.24, 2.45) is 5.73 Å². The Labute approximate surface area is 142 Å². The molecule has 4 N–H and O–H groups in total. The van der Waals surface area contributed by atoms with Crippen LogP contribution in [0.25, 0.3) is 0 Å². The predicted octanol–water partition coefficient (Wildman–Crippen LogP) is 2.17. The second-order valence-corrected chi connectivity index (χ2v) is 5.75. The molecule has 0 saturated heterocycles. The zero-order chi connectivity index (χ0) is 17.5. The van der Waals surface area contributed by atoms with Gasteiger partial charge in [-0.1, -0.05) is 35.9 Å². The molecule has 0 aliphatic rings. The molecule has 0 aliphatic carbocycles. The second kappa shape index (κ2) is 8.26. The van der Waals surface area contributed by atoms with Crippen LogP contribution in [0.2, 0.25) is 0 Å². The maximum Gasteiger partial charge on any atom is 0.253 e. The van der Waals surface area contributed by atoms with Crippen LogP contribution in [0.15, 0.2) is 42.5 Å². The molecule has 5 heteroatoms. The standard InChI is InChI=1S/C19H23N3O2/c1-13-7-8-14(2)15(11-13)12-18(23)22-17-6-4-3-5-16(17)19(24)21-10-9-20/h3-8,11H,9-10,12,20H2,1-2H3,(H,21,24)(H,22,23). The van der Waals surface area contributed by atoms with Crippen molar-refractivity contribution in [2.75, 3.05) is 18.4 Å². The number of nitrogens with two attached hydrogens (primary N) is 1. The summed E-state index contributed by atoms with van der Waals surface area (Å²) in [6.07, 6.45) is 0.270. The van der Waals surface area contributed by atoms with E-state index in [0.717, 1.165) is 16.7 Å². The van der Waals surface area contributed by atoms with Gasteiger partial charge in [-0.2, -0.15) is 0 Å². The Balaban J connectivity index is 2.11. The lowest BCUT2D eigenvalue weighted by atomic mass is 10.0. The van der Waals surface area contributed by atoms with Crippen molar-refractivity contribution >= 4 is 17.5 Å². The Bertz CT molecular complexity index is 741. The zero-order valence-electron chi connectivity index (χ0n) is 14.1. The van der Waals surface area contributed by atoms with E-state index in [2.05, 4.69) is 10.6 Å². The van der Waals surface area contributed by atoms with Crippen molar-refractivity contribution in [1.29, 1.82) is 0 Å². The highest BCUT2D eigenvalue weighted by molar-refractivity contribution is 6.04. The minimum absolute atomic E-state index is 0.150. The van der Waals surface area contributed by atoms with Crippen molar-refractivity contribution in [3.05, 3.63) is 64.7 Å². The molecule has 2 aromatic rings. The number of anilines is 1. The van der Waals surface area contributed by atoms with Crippen LogP contribution in [0.1, 0.15) is 27.0 Å². The van der Waals surface area contributed by atoms with Gasteiger partial charge in [-0.25, -0.2) is 0 Å². The number of nitrogens with one attached hydrogen (secondary N) is 2. The number of aryl methyl sites for hydroxylation is 2. The Morgan fingerprint density at radius 1 is 1.08 bits per heavy atom. The van der Waals surface area contributed by atoms with Crippen LogP contribution in [-0.4, -0.2) is 24.9 Å². The maximum absolute atomic E-state index is 12.4. The smallest absolute Gasteiger partial charge is 0.253 e. The van der Waals surface area contributed by atoms with E-state index in [1.165, 1.54) is 0 Å². The quantitative estimate of drug-likeness (QED) is 0.761. The number of carbonyl (C=O) groups excluding carboxylic acids is 2. The summed E-state index contributed by atoms with van der Waals surface area (Å²) in [4.78, 5) is 24.5. The van der Waals surface area contributed by atoms with Crippen molar-refractivity contribution in [2.45, 2.75) is 20.3 Å². The first-order valence-electron chi connectivity index (χ1n) is 7.94. The van der Waals surface area contributed by atoms with Crippen LogP contribution in [0.4, 0.5) is 5.69 Å². The largest absolute Gasteiger partial charge is 0.351 e.